The summed E-state index contributed by atoms with van der Waals surface area (Å²) in [6, 6.07) is 121. The third kappa shape index (κ3) is 7.09. The maximum atomic E-state index is 7.16. The van der Waals surface area contributed by atoms with Gasteiger partial charge in [-0.25, -0.2) is 0 Å². The van der Waals surface area contributed by atoms with Crippen LogP contribution >= 0.6 is 0 Å². The predicted octanol–water partition coefficient (Wildman–Crippen LogP) is 26.7. The molecule has 0 aliphatic heterocycles. The molecule has 23 rings (SSSR count). The first-order valence-corrected chi connectivity index (χ1v) is 34.4. The quantitative estimate of drug-likeness (QED) is 0.142. The Hall–Kier alpha value is -13.4. The van der Waals surface area contributed by atoms with Crippen LogP contribution in [0.2, 0.25) is 0 Å². The summed E-state index contributed by atoms with van der Waals surface area (Å²) in [6.45, 7) is 0. The van der Waals surface area contributed by atoms with E-state index >= 15 is 0 Å². The molecule has 0 aliphatic rings. The van der Waals surface area contributed by atoms with E-state index in [4.69, 9.17) is 8.83 Å². The topological polar surface area (TPSA) is 41.6 Å². The highest BCUT2D eigenvalue weighted by Gasteiger charge is 2.34. The van der Waals surface area contributed by atoms with Crippen molar-refractivity contribution in [3.63, 3.8) is 0 Å². The Labute approximate surface area is 571 Å². The summed E-state index contributed by atoms with van der Waals surface area (Å²) in [4.78, 5) is 5.11. The first kappa shape index (κ1) is 53.8. The van der Waals surface area contributed by atoms with Gasteiger partial charge < -0.3 is 27.4 Å². The Morgan fingerprint density at radius 3 is 0.960 bits per heavy atom. The Morgan fingerprint density at radius 1 is 0.210 bits per heavy atom. The van der Waals surface area contributed by atoms with Crippen molar-refractivity contribution >= 4 is 197 Å². The van der Waals surface area contributed by atoms with E-state index in [9.17, 15) is 0 Å². The van der Waals surface area contributed by atoms with Gasteiger partial charge in [0.2, 0.25) is 0 Å². The third-order valence-corrected chi connectivity index (χ3v) is 21.9. The second-order valence-corrected chi connectivity index (χ2v) is 26.8. The van der Waals surface area contributed by atoms with E-state index in [2.05, 4.69) is 346 Å². The number of hydrogen-bond donors (Lipinski definition) is 0. The van der Waals surface area contributed by atoms with Crippen molar-refractivity contribution in [2.75, 3.05) is 9.80 Å². The van der Waals surface area contributed by atoms with Crippen molar-refractivity contribution in [1.29, 1.82) is 0 Å². The normalized spacial score (nSPS) is 12.4. The molecule has 0 spiro atoms. The highest BCUT2D eigenvalue weighted by molar-refractivity contribution is 6.35. The lowest BCUT2D eigenvalue weighted by Crippen LogP contribution is -2.13. The van der Waals surface area contributed by atoms with Gasteiger partial charge in [-0.1, -0.05) is 267 Å². The Balaban J connectivity index is 0.832. The number of fused-ring (bicyclic) bond motifs is 24. The van der Waals surface area contributed by atoms with E-state index in [-0.39, 0.29) is 0 Å². The lowest BCUT2D eigenvalue weighted by atomic mass is 9.89. The molecule has 0 unspecified atom stereocenters. The molecule has 0 N–H and O–H groups in total. The van der Waals surface area contributed by atoms with Crippen molar-refractivity contribution in [3.05, 3.63) is 328 Å². The zero-order valence-electron chi connectivity index (χ0n) is 53.8. The van der Waals surface area contributed by atoms with Crippen molar-refractivity contribution in [3.8, 4) is 22.3 Å². The van der Waals surface area contributed by atoms with E-state index in [1.54, 1.807) is 0 Å². The van der Waals surface area contributed by atoms with Gasteiger partial charge in [-0.2, -0.15) is 0 Å². The predicted molar refractivity (Wildman–Crippen MR) is 421 cm³/mol. The molecule has 6 nitrogen and oxygen atoms in total. The third-order valence-electron chi connectivity index (χ3n) is 21.9. The first-order valence-electron chi connectivity index (χ1n) is 34.4. The van der Waals surface area contributed by atoms with Crippen LogP contribution in [0.15, 0.2) is 336 Å². The number of furan rings is 2. The van der Waals surface area contributed by atoms with Gasteiger partial charge in [-0.05, 0) is 104 Å². The summed E-state index contributed by atoms with van der Waals surface area (Å²) in [5, 5.41) is 23.2. The van der Waals surface area contributed by atoms with Gasteiger partial charge in [0.05, 0.1) is 67.2 Å². The summed E-state index contributed by atoms with van der Waals surface area (Å²) in [5.41, 5.74) is 21.2. The molecule has 0 amide bonds. The molecule has 100 heavy (non-hydrogen) atoms. The number of benzene rings is 17. The molecule has 462 valence electrons. The molecule has 0 saturated heterocycles. The molecule has 6 heterocycles. The Kier molecular flexibility index (Phi) is 10.8. The molecule has 0 atom stereocenters. The van der Waals surface area contributed by atoms with Crippen LogP contribution in [0, 0.1) is 0 Å². The number of anilines is 6. The molecule has 6 aromatic heterocycles. The molecule has 0 aliphatic carbocycles. The van der Waals surface area contributed by atoms with Crippen LogP contribution in [0.1, 0.15) is 0 Å². The van der Waals surface area contributed by atoms with Gasteiger partial charge in [0.15, 0.2) is 11.2 Å². The highest BCUT2D eigenvalue weighted by atomic mass is 16.3. The standard InChI is InChI=1S/C94H54N4O2/c1-3-25-55(26-4-1)85-63-35-11-7-29-57(63)59-31-9-13-37-65(59)89(85)97(79-45-23-41-69-61-33-17-21-47-83(61)99-93(69)79)77-51-49-67-73-53-82-74(54-81(73)95-75-43-19-15-39-71(75)87(77)91(67)95)68-50-52-78(88-72-40-16-20-44-76(72)96(82)92(68)88)98(80-46-24-42-70-62-34-18-22-48-84(62)100-94(70)80)90-66-38-14-10-32-60(66)58-30-8-12-36-64(58)86(90)56-27-5-2-6-28-56/h1-54H. The second kappa shape index (κ2) is 20.1. The minimum atomic E-state index is 0.833. The maximum Gasteiger partial charge on any atom is 0.159 e. The average Bonchev–Trinajstić information content (AvgIpc) is 1.50. The molecule has 0 fully saturated rings. The summed E-state index contributed by atoms with van der Waals surface area (Å²) in [5.74, 6) is 0. The molecule has 23 aromatic rings. The van der Waals surface area contributed by atoms with Gasteiger partial charge in [-0.15, -0.1) is 0 Å². The zero-order valence-corrected chi connectivity index (χ0v) is 53.8. The van der Waals surface area contributed by atoms with Crippen LogP contribution in [0.25, 0.3) is 185 Å². The van der Waals surface area contributed by atoms with Gasteiger partial charge in [-0.3, -0.25) is 0 Å². The van der Waals surface area contributed by atoms with Crippen molar-refractivity contribution < 1.29 is 8.83 Å². The lowest BCUT2D eigenvalue weighted by Gasteiger charge is -2.31. The monoisotopic (exact) mass is 1270 g/mol. The molecule has 0 saturated carbocycles. The van der Waals surface area contributed by atoms with Crippen LogP contribution in [0.3, 0.4) is 0 Å². The second-order valence-electron chi connectivity index (χ2n) is 26.8. The summed E-state index contributed by atoms with van der Waals surface area (Å²) < 4.78 is 19.5. The zero-order chi connectivity index (χ0) is 65.0. The SMILES string of the molecule is c1ccc(-c2c(N(c3cccc4c3oc3ccccc34)c3ccc4c5cc6c(cc5n5c7ccccc7c3c45)c3ccc(N(c4c(-c5ccccc5)c5ccccc5c5ccccc45)c4cccc5c4oc4ccccc45)c4c5ccccc5n6c34)c3ccccc3c3ccccc23)cc1. The number of hydrogen-bond acceptors (Lipinski definition) is 4. The number of aromatic nitrogens is 2. The van der Waals surface area contributed by atoms with Crippen LogP contribution in [-0.2, 0) is 0 Å². The van der Waals surface area contributed by atoms with Crippen LogP contribution in [0.5, 0.6) is 0 Å². The fourth-order valence-corrected chi connectivity index (χ4v) is 17.9. The summed E-state index contributed by atoms with van der Waals surface area (Å²) in [6.07, 6.45) is 0. The highest BCUT2D eigenvalue weighted by Crippen LogP contribution is 2.58. The number of rotatable bonds is 8. The molecule has 0 bridgehead atoms. The molecular formula is C94H54N4O2. The minimum absolute atomic E-state index is 0.833. The fourth-order valence-electron chi connectivity index (χ4n) is 17.9. The largest absolute Gasteiger partial charge is 0.454 e. The first-order chi connectivity index (χ1) is 49.7. The van der Waals surface area contributed by atoms with Crippen molar-refractivity contribution in [2.45, 2.75) is 0 Å². The van der Waals surface area contributed by atoms with Crippen LogP contribution in [0.4, 0.5) is 34.1 Å². The van der Waals surface area contributed by atoms with E-state index in [0.717, 1.165) is 133 Å². The molecule has 6 heteroatoms. The number of para-hydroxylation sites is 6. The van der Waals surface area contributed by atoms with Crippen LogP contribution < -0.4 is 9.80 Å². The van der Waals surface area contributed by atoms with Gasteiger partial charge >= 0.3 is 0 Å². The fraction of sp³-hybridized carbons (Fsp3) is 0. The summed E-state index contributed by atoms with van der Waals surface area (Å²) in [7, 11) is 0. The van der Waals surface area contributed by atoms with E-state index < -0.39 is 0 Å². The summed E-state index contributed by atoms with van der Waals surface area (Å²) >= 11 is 0. The van der Waals surface area contributed by atoms with E-state index in [1.807, 2.05) is 0 Å². The minimum Gasteiger partial charge on any atom is -0.454 e. The molecular weight excluding hydrogens is 1220 g/mol. The van der Waals surface area contributed by atoms with E-state index in [1.165, 1.54) is 86.4 Å². The van der Waals surface area contributed by atoms with Crippen molar-refractivity contribution in [1.82, 2.24) is 8.80 Å². The van der Waals surface area contributed by atoms with Gasteiger partial charge in [0, 0.05) is 86.5 Å². The lowest BCUT2D eigenvalue weighted by molar-refractivity contribution is 0.669. The van der Waals surface area contributed by atoms with Crippen molar-refractivity contribution in [2.24, 2.45) is 0 Å². The smallest absolute Gasteiger partial charge is 0.159 e. The van der Waals surface area contributed by atoms with Gasteiger partial charge in [0.1, 0.15) is 11.2 Å². The Morgan fingerprint density at radius 2 is 0.540 bits per heavy atom. The maximum absolute atomic E-state index is 7.16. The van der Waals surface area contributed by atoms with Crippen LogP contribution in [-0.4, -0.2) is 8.80 Å². The number of nitrogens with zero attached hydrogens (tertiary/aromatic N) is 4. The molecule has 17 aromatic carbocycles. The van der Waals surface area contributed by atoms with Gasteiger partial charge in [0.25, 0.3) is 0 Å². The molecule has 0 radical (unpaired) electrons. The Bertz CT molecular complexity index is 6980. The van der Waals surface area contributed by atoms with E-state index in [0.29, 0.717) is 0 Å². The average molecular weight is 1270 g/mol.